The van der Waals surface area contributed by atoms with Gasteiger partial charge in [-0.3, -0.25) is 4.98 Å². The first kappa shape index (κ1) is 7.29. The van der Waals surface area contributed by atoms with Crippen LogP contribution in [0.1, 0.15) is 24.1 Å². The zero-order valence-corrected chi connectivity index (χ0v) is 7.07. The van der Waals surface area contributed by atoms with Crippen molar-refractivity contribution in [2.45, 2.75) is 12.8 Å². The van der Waals surface area contributed by atoms with E-state index in [9.17, 15) is 0 Å². The highest BCUT2D eigenvalue weighted by molar-refractivity contribution is 5.56. The molecule has 0 saturated carbocycles. The summed E-state index contributed by atoms with van der Waals surface area (Å²) in [6.45, 7) is 2.16. The van der Waals surface area contributed by atoms with Crippen LogP contribution in [0.5, 0.6) is 0 Å². The van der Waals surface area contributed by atoms with Crippen LogP contribution in [0.3, 0.4) is 0 Å². The van der Waals surface area contributed by atoms with Crippen LogP contribution in [0.15, 0.2) is 36.6 Å². The highest BCUT2D eigenvalue weighted by atomic mass is 14.7. The van der Waals surface area contributed by atoms with Gasteiger partial charge in [0, 0.05) is 12.1 Å². The van der Waals surface area contributed by atoms with Gasteiger partial charge in [-0.2, -0.15) is 0 Å². The zero-order valence-electron chi connectivity index (χ0n) is 7.07. The topological polar surface area (TPSA) is 12.9 Å². The van der Waals surface area contributed by atoms with Crippen molar-refractivity contribution in [3.8, 4) is 0 Å². The highest BCUT2D eigenvalue weighted by Gasteiger charge is 2.07. The minimum Gasteiger partial charge on any atom is -0.260 e. The number of hydrogen-bond donors (Lipinski definition) is 0. The van der Waals surface area contributed by atoms with Gasteiger partial charge in [0.05, 0.1) is 5.69 Å². The summed E-state index contributed by atoms with van der Waals surface area (Å²) in [5.74, 6) is 0.427. The van der Waals surface area contributed by atoms with Crippen LogP contribution < -0.4 is 0 Å². The molecule has 0 unspecified atom stereocenters. The summed E-state index contributed by atoms with van der Waals surface area (Å²) < 4.78 is 0. The molecule has 0 aliphatic heterocycles. The lowest BCUT2D eigenvalue weighted by Crippen LogP contribution is -1.95. The van der Waals surface area contributed by atoms with Gasteiger partial charge in [0.15, 0.2) is 0 Å². The molecule has 1 aliphatic carbocycles. The largest absolute Gasteiger partial charge is 0.260 e. The monoisotopic (exact) mass is 157 g/mol. The zero-order chi connectivity index (χ0) is 8.39. The lowest BCUT2D eigenvalue weighted by molar-refractivity contribution is 0.905. The van der Waals surface area contributed by atoms with E-state index in [2.05, 4.69) is 42.3 Å². The van der Waals surface area contributed by atoms with Crippen LogP contribution in [0.25, 0.3) is 6.08 Å². The number of fused-ring (bicyclic) bond motifs is 1. The van der Waals surface area contributed by atoms with E-state index in [0.29, 0.717) is 5.92 Å². The van der Waals surface area contributed by atoms with Gasteiger partial charge in [-0.05, 0) is 11.6 Å². The van der Waals surface area contributed by atoms with Crippen LogP contribution in [-0.4, -0.2) is 4.98 Å². The minimum absolute atomic E-state index is 0.427. The molecule has 0 aromatic carbocycles. The molecule has 1 aromatic heterocycles. The maximum absolute atomic E-state index is 4.36. The van der Waals surface area contributed by atoms with Crippen LogP contribution >= 0.6 is 0 Å². The fourth-order valence-corrected chi connectivity index (χ4v) is 1.43. The van der Waals surface area contributed by atoms with Crippen LogP contribution in [-0.2, 0) is 0 Å². The number of aromatic nitrogens is 1. The molecule has 1 aromatic rings. The first-order valence-corrected chi connectivity index (χ1v) is 4.18. The maximum Gasteiger partial charge on any atom is 0.0541 e. The molecule has 0 N–H and O–H groups in total. The second kappa shape index (κ2) is 2.94. The van der Waals surface area contributed by atoms with Gasteiger partial charge in [-0.1, -0.05) is 37.3 Å². The van der Waals surface area contributed by atoms with E-state index in [1.165, 1.54) is 11.3 Å². The van der Waals surface area contributed by atoms with Crippen molar-refractivity contribution in [3.05, 3.63) is 47.8 Å². The van der Waals surface area contributed by atoms with Crippen LogP contribution in [0, 0.1) is 0 Å². The Bertz CT molecular complexity index is 337. The molecule has 60 valence electrons. The van der Waals surface area contributed by atoms with Crippen molar-refractivity contribution in [1.29, 1.82) is 0 Å². The number of rotatable bonds is 0. The van der Waals surface area contributed by atoms with Crippen molar-refractivity contribution in [1.82, 2.24) is 4.98 Å². The molecule has 12 heavy (non-hydrogen) atoms. The molecule has 1 heterocycles. The van der Waals surface area contributed by atoms with Gasteiger partial charge in [0.1, 0.15) is 0 Å². The minimum atomic E-state index is 0.427. The molecule has 0 saturated heterocycles. The predicted molar refractivity (Wildman–Crippen MR) is 50.8 cm³/mol. The second-order valence-electron chi connectivity index (χ2n) is 3.01. The average Bonchev–Trinajstić information content (AvgIpc) is 2.29. The molecule has 0 amide bonds. The van der Waals surface area contributed by atoms with Gasteiger partial charge in [0.25, 0.3) is 0 Å². The fraction of sp³-hybridized carbons (Fsp3) is 0.182. The van der Waals surface area contributed by atoms with E-state index in [1.807, 2.05) is 12.3 Å². The summed E-state index contributed by atoms with van der Waals surface area (Å²) in [4.78, 5) is 4.36. The summed E-state index contributed by atoms with van der Waals surface area (Å²) in [6.07, 6.45) is 10.2. The summed E-state index contributed by atoms with van der Waals surface area (Å²) in [7, 11) is 0. The Morgan fingerprint density at radius 3 is 3.17 bits per heavy atom. The summed E-state index contributed by atoms with van der Waals surface area (Å²) in [5.41, 5.74) is 2.40. The van der Waals surface area contributed by atoms with Crippen molar-refractivity contribution in [2.75, 3.05) is 0 Å². The van der Waals surface area contributed by atoms with E-state index < -0.39 is 0 Å². The molecule has 0 spiro atoms. The molecule has 1 aliphatic rings. The molecule has 0 fully saturated rings. The average molecular weight is 157 g/mol. The SMILES string of the molecule is C[C@@H]1C=CC=Cc2cccnc21. The van der Waals surface area contributed by atoms with Crippen molar-refractivity contribution in [3.63, 3.8) is 0 Å². The third kappa shape index (κ3) is 1.18. The molecular formula is C11H11N. The molecular weight excluding hydrogens is 146 g/mol. The Morgan fingerprint density at radius 2 is 2.25 bits per heavy atom. The Morgan fingerprint density at radius 1 is 1.33 bits per heavy atom. The van der Waals surface area contributed by atoms with Gasteiger partial charge in [-0.25, -0.2) is 0 Å². The highest BCUT2D eigenvalue weighted by Crippen LogP contribution is 2.21. The first-order valence-electron chi connectivity index (χ1n) is 4.18. The fourth-order valence-electron chi connectivity index (χ4n) is 1.43. The smallest absolute Gasteiger partial charge is 0.0541 e. The van der Waals surface area contributed by atoms with E-state index >= 15 is 0 Å². The number of allylic oxidation sites excluding steroid dienone is 3. The summed E-state index contributed by atoms with van der Waals surface area (Å²) >= 11 is 0. The van der Waals surface area contributed by atoms with Gasteiger partial charge in [-0.15, -0.1) is 0 Å². The van der Waals surface area contributed by atoms with Gasteiger partial charge in [0.2, 0.25) is 0 Å². The lowest BCUT2D eigenvalue weighted by atomic mass is 10.0. The Hall–Kier alpha value is -1.37. The Kier molecular flexibility index (Phi) is 1.78. The second-order valence-corrected chi connectivity index (χ2v) is 3.01. The normalized spacial score (nSPS) is 20.2. The third-order valence-corrected chi connectivity index (χ3v) is 2.09. The van der Waals surface area contributed by atoms with Gasteiger partial charge >= 0.3 is 0 Å². The molecule has 1 atom stereocenters. The van der Waals surface area contributed by atoms with Crippen molar-refractivity contribution in [2.24, 2.45) is 0 Å². The van der Waals surface area contributed by atoms with Crippen LogP contribution in [0.2, 0.25) is 0 Å². The summed E-state index contributed by atoms with van der Waals surface area (Å²) in [5, 5.41) is 0. The lowest BCUT2D eigenvalue weighted by Gasteiger charge is -2.06. The summed E-state index contributed by atoms with van der Waals surface area (Å²) in [6, 6.07) is 4.07. The Balaban J connectivity index is 2.56. The standard InChI is InChI=1S/C11H11N/c1-9-5-2-3-6-10-7-4-8-12-11(9)10/h2-9H,1H3/t9-/m1/s1. The van der Waals surface area contributed by atoms with Crippen LogP contribution in [0.4, 0.5) is 0 Å². The molecule has 1 heteroatoms. The van der Waals surface area contributed by atoms with E-state index in [4.69, 9.17) is 0 Å². The van der Waals surface area contributed by atoms with E-state index in [0.717, 1.165) is 0 Å². The molecule has 0 bridgehead atoms. The molecule has 2 rings (SSSR count). The van der Waals surface area contributed by atoms with E-state index in [-0.39, 0.29) is 0 Å². The maximum atomic E-state index is 4.36. The number of pyridine rings is 1. The van der Waals surface area contributed by atoms with Crippen molar-refractivity contribution < 1.29 is 0 Å². The number of hydrogen-bond acceptors (Lipinski definition) is 1. The predicted octanol–water partition coefficient (Wildman–Crippen LogP) is 2.77. The Labute approximate surface area is 72.5 Å². The van der Waals surface area contributed by atoms with Crippen molar-refractivity contribution >= 4 is 6.08 Å². The molecule has 0 radical (unpaired) electrons. The first-order chi connectivity index (χ1) is 5.88. The molecule has 1 nitrogen and oxygen atoms in total. The third-order valence-electron chi connectivity index (χ3n) is 2.09. The quantitative estimate of drug-likeness (QED) is 0.564. The number of nitrogens with zero attached hydrogens (tertiary/aromatic N) is 1. The van der Waals surface area contributed by atoms with E-state index in [1.54, 1.807) is 0 Å². The van der Waals surface area contributed by atoms with Gasteiger partial charge < -0.3 is 0 Å².